The minimum atomic E-state index is -0.0850. The molecule has 1 amide bonds. The highest BCUT2D eigenvalue weighted by molar-refractivity contribution is 8.00. The van der Waals surface area contributed by atoms with Crippen molar-refractivity contribution < 1.29 is 9.53 Å². The van der Waals surface area contributed by atoms with Gasteiger partial charge in [0.15, 0.2) is 0 Å². The fourth-order valence-corrected chi connectivity index (χ4v) is 3.42. The van der Waals surface area contributed by atoms with Gasteiger partial charge in [-0.25, -0.2) is 0 Å². The zero-order valence-corrected chi connectivity index (χ0v) is 15.6. The van der Waals surface area contributed by atoms with Gasteiger partial charge in [0.1, 0.15) is 5.75 Å². The molecule has 0 unspecified atom stereocenters. The van der Waals surface area contributed by atoms with Crippen molar-refractivity contribution in [1.29, 1.82) is 0 Å². The van der Waals surface area contributed by atoms with E-state index in [-0.39, 0.29) is 5.91 Å². The van der Waals surface area contributed by atoms with E-state index in [0.29, 0.717) is 22.2 Å². The number of benzene rings is 3. The Kier molecular flexibility index (Phi) is 5.51. The van der Waals surface area contributed by atoms with E-state index in [1.54, 1.807) is 13.2 Å². The number of methoxy groups -OCH3 is 1. The number of halogens is 1. The van der Waals surface area contributed by atoms with Crippen molar-refractivity contribution in [3.63, 3.8) is 0 Å². The molecule has 0 aromatic heterocycles. The molecule has 3 aromatic rings. The standard InChI is InChI=1S/C20H18ClNO2S/c1-13-9-18(19(24-2)11-17(13)21)22-20(23)12-25-16-8-7-14-5-3-4-6-15(14)10-16/h3-11H,12H2,1-2H3,(H,22,23). The molecule has 0 bridgehead atoms. The molecule has 5 heteroatoms. The van der Waals surface area contributed by atoms with Crippen LogP contribution in [0.15, 0.2) is 59.5 Å². The van der Waals surface area contributed by atoms with Gasteiger partial charge in [0.05, 0.1) is 18.6 Å². The third kappa shape index (κ3) is 4.27. The minimum Gasteiger partial charge on any atom is -0.495 e. The number of nitrogens with one attached hydrogen (secondary N) is 1. The first-order valence-corrected chi connectivity index (χ1v) is 9.19. The Morgan fingerprint density at radius 1 is 1.12 bits per heavy atom. The summed E-state index contributed by atoms with van der Waals surface area (Å²) in [5.41, 5.74) is 1.52. The number of carbonyl (C=O) groups excluding carboxylic acids is 1. The third-order valence-electron chi connectivity index (χ3n) is 3.85. The summed E-state index contributed by atoms with van der Waals surface area (Å²) >= 11 is 7.60. The molecule has 0 aliphatic rings. The fraction of sp³-hybridized carbons (Fsp3) is 0.150. The molecule has 0 aliphatic carbocycles. The first-order valence-electron chi connectivity index (χ1n) is 7.82. The largest absolute Gasteiger partial charge is 0.495 e. The van der Waals surface area contributed by atoms with Gasteiger partial charge >= 0.3 is 0 Å². The molecule has 128 valence electrons. The molecular formula is C20H18ClNO2S. The summed E-state index contributed by atoms with van der Waals surface area (Å²) in [6, 6.07) is 17.9. The van der Waals surface area contributed by atoms with E-state index >= 15 is 0 Å². The Bertz CT molecular complexity index is 927. The topological polar surface area (TPSA) is 38.3 Å². The van der Waals surface area contributed by atoms with Gasteiger partial charge in [-0.3, -0.25) is 4.79 Å². The molecule has 1 N–H and O–H groups in total. The Hall–Kier alpha value is -2.17. The normalized spacial score (nSPS) is 10.7. The number of hydrogen-bond acceptors (Lipinski definition) is 3. The monoisotopic (exact) mass is 371 g/mol. The summed E-state index contributed by atoms with van der Waals surface area (Å²) in [5.74, 6) is 0.793. The van der Waals surface area contributed by atoms with E-state index in [0.717, 1.165) is 10.5 Å². The fourth-order valence-electron chi connectivity index (χ4n) is 2.52. The van der Waals surface area contributed by atoms with Crippen molar-refractivity contribution in [3.8, 4) is 5.75 Å². The number of aryl methyl sites for hydroxylation is 1. The lowest BCUT2D eigenvalue weighted by molar-refractivity contribution is -0.113. The summed E-state index contributed by atoms with van der Waals surface area (Å²) < 4.78 is 5.29. The van der Waals surface area contributed by atoms with E-state index < -0.39 is 0 Å². The van der Waals surface area contributed by atoms with E-state index in [1.165, 1.54) is 22.5 Å². The molecule has 3 nitrogen and oxygen atoms in total. The summed E-state index contributed by atoms with van der Waals surface area (Å²) in [6.45, 7) is 1.89. The summed E-state index contributed by atoms with van der Waals surface area (Å²) in [4.78, 5) is 13.4. The SMILES string of the molecule is COc1cc(Cl)c(C)cc1NC(=O)CSc1ccc2ccccc2c1. The second kappa shape index (κ2) is 7.81. The van der Waals surface area contributed by atoms with Gasteiger partial charge in [-0.2, -0.15) is 0 Å². The Morgan fingerprint density at radius 3 is 2.64 bits per heavy atom. The lowest BCUT2D eigenvalue weighted by Crippen LogP contribution is -2.14. The molecule has 0 atom stereocenters. The number of carbonyl (C=O) groups is 1. The summed E-state index contributed by atoms with van der Waals surface area (Å²) in [7, 11) is 1.56. The van der Waals surface area contributed by atoms with Gasteiger partial charge in [0, 0.05) is 16.0 Å². The maximum Gasteiger partial charge on any atom is 0.234 e. The molecular weight excluding hydrogens is 354 g/mol. The Morgan fingerprint density at radius 2 is 1.88 bits per heavy atom. The van der Waals surface area contributed by atoms with Gasteiger partial charge in [0.2, 0.25) is 5.91 Å². The number of hydrogen-bond donors (Lipinski definition) is 1. The number of ether oxygens (including phenoxy) is 1. The predicted molar refractivity (Wildman–Crippen MR) is 106 cm³/mol. The van der Waals surface area contributed by atoms with Crippen LogP contribution in [0.25, 0.3) is 10.8 Å². The van der Waals surface area contributed by atoms with Crippen LogP contribution in [0.4, 0.5) is 5.69 Å². The second-order valence-electron chi connectivity index (χ2n) is 5.65. The van der Waals surface area contributed by atoms with E-state index in [9.17, 15) is 4.79 Å². The minimum absolute atomic E-state index is 0.0850. The Balaban J connectivity index is 1.67. The number of anilines is 1. The highest BCUT2D eigenvalue weighted by Gasteiger charge is 2.11. The van der Waals surface area contributed by atoms with E-state index in [4.69, 9.17) is 16.3 Å². The number of thioether (sulfide) groups is 1. The van der Waals surface area contributed by atoms with Crippen LogP contribution >= 0.6 is 23.4 Å². The average Bonchev–Trinajstić information content (AvgIpc) is 2.62. The van der Waals surface area contributed by atoms with Crippen molar-refractivity contribution in [2.75, 3.05) is 18.2 Å². The molecule has 25 heavy (non-hydrogen) atoms. The maximum absolute atomic E-state index is 12.3. The molecule has 3 aromatic carbocycles. The van der Waals surface area contributed by atoms with Gasteiger partial charge in [-0.1, -0.05) is 41.9 Å². The van der Waals surface area contributed by atoms with E-state index in [2.05, 4.69) is 29.6 Å². The van der Waals surface area contributed by atoms with Crippen LogP contribution in [0.5, 0.6) is 5.75 Å². The smallest absolute Gasteiger partial charge is 0.234 e. The third-order valence-corrected chi connectivity index (χ3v) is 5.25. The van der Waals surface area contributed by atoms with Crippen LogP contribution in [-0.2, 0) is 4.79 Å². The molecule has 0 saturated carbocycles. The van der Waals surface area contributed by atoms with Crippen molar-refractivity contribution in [2.45, 2.75) is 11.8 Å². The highest BCUT2D eigenvalue weighted by Crippen LogP contribution is 2.31. The lowest BCUT2D eigenvalue weighted by atomic mass is 10.1. The van der Waals surface area contributed by atoms with Crippen LogP contribution in [-0.4, -0.2) is 18.8 Å². The van der Waals surface area contributed by atoms with Gasteiger partial charge in [-0.05, 0) is 41.5 Å². The first-order chi connectivity index (χ1) is 12.1. The lowest BCUT2D eigenvalue weighted by Gasteiger charge is -2.12. The van der Waals surface area contributed by atoms with Crippen LogP contribution in [0, 0.1) is 6.92 Å². The van der Waals surface area contributed by atoms with Gasteiger partial charge in [-0.15, -0.1) is 11.8 Å². The molecule has 0 radical (unpaired) electrons. The Labute approximate surface area is 156 Å². The van der Waals surface area contributed by atoms with Crippen molar-refractivity contribution >= 4 is 45.7 Å². The van der Waals surface area contributed by atoms with Crippen molar-refractivity contribution in [1.82, 2.24) is 0 Å². The zero-order chi connectivity index (χ0) is 17.8. The molecule has 0 spiro atoms. The maximum atomic E-state index is 12.3. The van der Waals surface area contributed by atoms with Gasteiger partial charge < -0.3 is 10.1 Å². The number of fused-ring (bicyclic) bond motifs is 1. The highest BCUT2D eigenvalue weighted by atomic mass is 35.5. The number of amides is 1. The van der Waals surface area contributed by atoms with Crippen LogP contribution in [0.2, 0.25) is 5.02 Å². The van der Waals surface area contributed by atoms with Crippen molar-refractivity contribution in [2.24, 2.45) is 0 Å². The van der Waals surface area contributed by atoms with Crippen LogP contribution < -0.4 is 10.1 Å². The number of rotatable bonds is 5. The molecule has 0 fully saturated rings. The molecule has 0 saturated heterocycles. The van der Waals surface area contributed by atoms with Crippen LogP contribution in [0.1, 0.15) is 5.56 Å². The second-order valence-corrected chi connectivity index (χ2v) is 7.10. The van der Waals surface area contributed by atoms with Crippen LogP contribution in [0.3, 0.4) is 0 Å². The van der Waals surface area contributed by atoms with E-state index in [1.807, 2.05) is 31.2 Å². The first kappa shape index (κ1) is 17.6. The summed E-state index contributed by atoms with van der Waals surface area (Å²) in [5, 5.41) is 5.87. The molecule has 0 heterocycles. The van der Waals surface area contributed by atoms with Crippen molar-refractivity contribution in [3.05, 3.63) is 65.2 Å². The predicted octanol–water partition coefficient (Wildman–Crippen LogP) is 5.54. The molecule has 3 rings (SSSR count). The molecule has 0 aliphatic heterocycles. The average molecular weight is 372 g/mol. The zero-order valence-electron chi connectivity index (χ0n) is 14.0. The quantitative estimate of drug-likeness (QED) is 0.598. The summed E-state index contributed by atoms with van der Waals surface area (Å²) in [6.07, 6.45) is 0. The van der Waals surface area contributed by atoms with Gasteiger partial charge in [0.25, 0.3) is 0 Å².